The highest BCUT2D eigenvalue weighted by atomic mass is 19.1. The molecule has 1 heterocycles. The summed E-state index contributed by atoms with van der Waals surface area (Å²) in [4.78, 5) is 14.0. The van der Waals surface area contributed by atoms with E-state index in [2.05, 4.69) is 0 Å². The molecule has 1 atom stereocenters. The van der Waals surface area contributed by atoms with Gasteiger partial charge in [0.25, 0.3) is 0 Å². The summed E-state index contributed by atoms with van der Waals surface area (Å²) in [6.45, 7) is 0.586. The predicted octanol–water partition coefficient (Wildman–Crippen LogP) is 2.38. The normalized spacial score (nSPS) is 20.6. The van der Waals surface area contributed by atoms with Crippen LogP contribution in [-0.4, -0.2) is 41.5 Å². The minimum absolute atomic E-state index is 0.0347. The molecule has 20 heavy (non-hydrogen) atoms. The molecule has 1 aliphatic rings. The molecular formula is C15H19F2NO2. The van der Waals surface area contributed by atoms with E-state index in [-0.39, 0.29) is 19.2 Å². The molecule has 110 valence electrons. The largest absolute Gasteiger partial charge is 0.395 e. The highest BCUT2D eigenvalue weighted by molar-refractivity contribution is 5.98. The van der Waals surface area contributed by atoms with E-state index < -0.39 is 23.0 Å². The van der Waals surface area contributed by atoms with Crippen LogP contribution in [0.15, 0.2) is 18.2 Å². The lowest BCUT2D eigenvalue weighted by Gasteiger charge is -2.27. The van der Waals surface area contributed by atoms with Crippen molar-refractivity contribution in [2.45, 2.75) is 31.7 Å². The van der Waals surface area contributed by atoms with E-state index in [0.717, 1.165) is 37.8 Å². The maximum atomic E-state index is 13.6. The Morgan fingerprint density at radius 1 is 1.25 bits per heavy atom. The van der Waals surface area contributed by atoms with Crippen LogP contribution in [-0.2, 0) is 0 Å². The van der Waals surface area contributed by atoms with Crippen molar-refractivity contribution < 1.29 is 18.7 Å². The summed E-state index contributed by atoms with van der Waals surface area (Å²) in [5.41, 5.74) is -0.478. The van der Waals surface area contributed by atoms with E-state index in [0.29, 0.717) is 6.54 Å². The molecular weight excluding hydrogens is 264 g/mol. The van der Waals surface area contributed by atoms with Gasteiger partial charge < -0.3 is 5.11 Å². The Labute approximate surface area is 117 Å². The molecule has 1 saturated heterocycles. The molecule has 0 spiro atoms. The van der Waals surface area contributed by atoms with Crippen molar-refractivity contribution in [2.24, 2.45) is 0 Å². The van der Waals surface area contributed by atoms with E-state index in [1.54, 1.807) is 0 Å². The smallest absolute Gasteiger partial charge is 0.182 e. The Kier molecular flexibility index (Phi) is 5.20. The van der Waals surface area contributed by atoms with Gasteiger partial charge in [0.15, 0.2) is 5.78 Å². The molecule has 1 fully saturated rings. The Bertz CT molecular complexity index is 459. The fourth-order valence-electron chi connectivity index (χ4n) is 2.68. The van der Waals surface area contributed by atoms with Crippen LogP contribution < -0.4 is 0 Å². The number of halogens is 2. The molecule has 5 heteroatoms. The van der Waals surface area contributed by atoms with Crippen molar-refractivity contribution in [3.63, 3.8) is 0 Å². The minimum atomic E-state index is -0.828. The van der Waals surface area contributed by atoms with Crippen molar-refractivity contribution in [1.82, 2.24) is 4.90 Å². The second-order valence-corrected chi connectivity index (χ2v) is 5.18. The van der Waals surface area contributed by atoms with Gasteiger partial charge >= 0.3 is 0 Å². The molecule has 0 radical (unpaired) electrons. The molecule has 0 aromatic heterocycles. The predicted molar refractivity (Wildman–Crippen MR) is 71.6 cm³/mol. The van der Waals surface area contributed by atoms with E-state index in [1.165, 1.54) is 6.07 Å². The number of aliphatic hydroxyl groups excluding tert-OH is 1. The quantitative estimate of drug-likeness (QED) is 0.863. The van der Waals surface area contributed by atoms with Gasteiger partial charge in [0.1, 0.15) is 11.6 Å². The van der Waals surface area contributed by atoms with Gasteiger partial charge in [-0.2, -0.15) is 0 Å². The van der Waals surface area contributed by atoms with Gasteiger partial charge in [-0.3, -0.25) is 9.69 Å². The topological polar surface area (TPSA) is 40.5 Å². The van der Waals surface area contributed by atoms with Crippen molar-refractivity contribution in [2.75, 3.05) is 19.7 Å². The van der Waals surface area contributed by atoms with Crippen molar-refractivity contribution in [3.05, 3.63) is 35.4 Å². The first kappa shape index (κ1) is 15.1. The third-order valence-electron chi connectivity index (χ3n) is 3.80. The highest BCUT2D eigenvalue weighted by Gasteiger charge is 2.25. The molecule has 1 aliphatic heterocycles. The molecule has 1 N–H and O–H groups in total. The summed E-state index contributed by atoms with van der Waals surface area (Å²) in [5, 5.41) is 9.38. The minimum Gasteiger partial charge on any atom is -0.395 e. The van der Waals surface area contributed by atoms with Gasteiger partial charge in [0.05, 0.1) is 18.7 Å². The fraction of sp³-hybridized carbons (Fsp3) is 0.533. The molecule has 2 rings (SSSR count). The third kappa shape index (κ3) is 3.41. The first-order valence-electron chi connectivity index (χ1n) is 6.95. The first-order chi connectivity index (χ1) is 9.63. The number of rotatable bonds is 4. The Morgan fingerprint density at radius 3 is 2.60 bits per heavy atom. The van der Waals surface area contributed by atoms with E-state index in [9.17, 15) is 18.7 Å². The van der Waals surface area contributed by atoms with Crippen LogP contribution in [0.4, 0.5) is 8.78 Å². The summed E-state index contributed by atoms with van der Waals surface area (Å²) in [6, 6.07) is 3.31. The molecule has 1 aromatic rings. The zero-order valence-electron chi connectivity index (χ0n) is 11.3. The van der Waals surface area contributed by atoms with Crippen LogP contribution in [0.5, 0.6) is 0 Å². The molecule has 1 unspecified atom stereocenters. The van der Waals surface area contributed by atoms with Gasteiger partial charge in [-0.05, 0) is 31.5 Å². The van der Waals surface area contributed by atoms with Gasteiger partial charge in [0.2, 0.25) is 0 Å². The number of hydrogen-bond acceptors (Lipinski definition) is 3. The number of nitrogens with zero attached hydrogens (tertiary/aromatic N) is 1. The van der Waals surface area contributed by atoms with Crippen LogP contribution >= 0.6 is 0 Å². The first-order valence-corrected chi connectivity index (χ1v) is 6.95. The lowest BCUT2D eigenvalue weighted by molar-refractivity contribution is 0.0818. The van der Waals surface area contributed by atoms with Crippen molar-refractivity contribution in [1.29, 1.82) is 0 Å². The average molecular weight is 283 g/mol. The third-order valence-corrected chi connectivity index (χ3v) is 3.80. The maximum Gasteiger partial charge on any atom is 0.182 e. The summed E-state index contributed by atoms with van der Waals surface area (Å²) < 4.78 is 27.2. The number of carbonyl (C=O) groups is 1. The van der Waals surface area contributed by atoms with Gasteiger partial charge in [-0.25, -0.2) is 8.78 Å². The summed E-state index contributed by atoms with van der Waals surface area (Å²) in [5.74, 6) is -2.23. The molecule has 1 aromatic carbocycles. The zero-order valence-corrected chi connectivity index (χ0v) is 11.3. The number of hydrogen-bond donors (Lipinski definition) is 1. The maximum absolute atomic E-state index is 13.6. The number of aliphatic hydroxyl groups is 1. The molecule has 3 nitrogen and oxygen atoms in total. The molecule has 0 amide bonds. The lowest BCUT2D eigenvalue weighted by atomic mass is 10.1. The standard InChI is InChI=1S/C15H19F2NO2/c16-12-6-4-7-13(17)15(12)14(20)9-18-8-3-1-2-5-11(18)10-19/h4,6-7,11,19H,1-3,5,8-10H2. The monoisotopic (exact) mass is 283 g/mol. The van der Waals surface area contributed by atoms with Crippen LogP contribution in [0.3, 0.4) is 0 Å². The summed E-state index contributed by atoms with van der Waals surface area (Å²) in [7, 11) is 0. The van der Waals surface area contributed by atoms with E-state index in [1.807, 2.05) is 4.90 Å². The van der Waals surface area contributed by atoms with Gasteiger partial charge in [0, 0.05) is 6.04 Å². The van der Waals surface area contributed by atoms with Gasteiger partial charge in [-0.15, -0.1) is 0 Å². The van der Waals surface area contributed by atoms with Crippen molar-refractivity contribution in [3.8, 4) is 0 Å². The Balaban J connectivity index is 2.13. The summed E-state index contributed by atoms with van der Waals surface area (Å²) in [6.07, 6.45) is 3.80. The number of ketones is 1. The second-order valence-electron chi connectivity index (χ2n) is 5.18. The molecule has 0 bridgehead atoms. The Morgan fingerprint density at radius 2 is 1.95 bits per heavy atom. The SMILES string of the molecule is O=C(CN1CCCCCC1CO)c1c(F)cccc1F. The molecule has 0 aliphatic carbocycles. The number of carbonyl (C=O) groups excluding carboxylic acids is 1. The number of benzene rings is 1. The Hall–Kier alpha value is -1.33. The zero-order chi connectivity index (χ0) is 14.5. The average Bonchev–Trinajstić information content (AvgIpc) is 2.63. The van der Waals surface area contributed by atoms with E-state index >= 15 is 0 Å². The number of likely N-dealkylation sites (tertiary alicyclic amines) is 1. The van der Waals surface area contributed by atoms with Crippen LogP contribution in [0.25, 0.3) is 0 Å². The van der Waals surface area contributed by atoms with Gasteiger partial charge in [-0.1, -0.05) is 18.9 Å². The fourth-order valence-corrected chi connectivity index (χ4v) is 2.68. The summed E-state index contributed by atoms with van der Waals surface area (Å²) >= 11 is 0. The number of Topliss-reactive ketones (excluding diaryl/α,β-unsaturated/α-hetero) is 1. The van der Waals surface area contributed by atoms with Crippen LogP contribution in [0.1, 0.15) is 36.0 Å². The highest BCUT2D eigenvalue weighted by Crippen LogP contribution is 2.19. The van der Waals surface area contributed by atoms with Crippen LogP contribution in [0, 0.1) is 11.6 Å². The molecule has 0 saturated carbocycles. The second kappa shape index (κ2) is 6.90. The van der Waals surface area contributed by atoms with Crippen LogP contribution in [0.2, 0.25) is 0 Å². The lowest BCUT2D eigenvalue weighted by Crippen LogP contribution is -2.41. The van der Waals surface area contributed by atoms with E-state index in [4.69, 9.17) is 0 Å². The van der Waals surface area contributed by atoms with Crippen molar-refractivity contribution >= 4 is 5.78 Å².